The molecule has 0 aliphatic rings. The highest BCUT2D eigenvalue weighted by atomic mass is 16.5. The quantitative estimate of drug-likeness (QED) is 0.557. The first-order valence-corrected chi connectivity index (χ1v) is 9.46. The van der Waals surface area contributed by atoms with E-state index in [1.54, 1.807) is 39.0 Å². The monoisotopic (exact) mass is 391 g/mol. The minimum Gasteiger partial charge on any atom is -0.493 e. The fourth-order valence-electron chi connectivity index (χ4n) is 3.10. The molecule has 1 amide bonds. The van der Waals surface area contributed by atoms with Gasteiger partial charge < -0.3 is 14.4 Å². The van der Waals surface area contributed by atoms with Crippen molar-refractivity contribution in [3.05, 3.63) is 83.9 Å². The van der Waals surface area contributed by atoms with Crippen molar-refractivity contribution in [3.8, 4) is 11.5 Å². The Labute approximate surface area is 171 Å². The van der Waals surface area contributed by atoms with Gasteiger partial charge in [0.1, 0.15) is 0 Å². The summed E-state index contributed by atoms with van der Waals surface area (Å²) in [6.45, 7) is 1.04. The summed E-state index contributed by atoms with van der Waals surface area (Å²) < 4.78 is 10.6. The maximum atomic E-state index is 13.0. The normalized spacial score (nSPS) is 10.4. The topological polar surface area (TPSA) is 64.5 Å². The third kappa shape index (κ3) is 5.78. The predicted molar refractivity (Wildman–Crippen MR) is 111 cm³/mol. The van der Waals surface area contributed by atoms with Crippen molar-refractivity contribution in [2.45, 2.75) is 25.9 Å². The standard InChI is InChI=1S/C23H25N3O3/c1-28-21-7-5-18(14-22(21)29-2)6-8-23(27)26(16-19-9-12-24-13-10-19)17-20-4-3-11-25-15-20/h3-5,7,9-15H,6,8,16-17H2,1-2H3. The number of hydrogen-bond acceptors (Lipinski definition) is 5. The van der Waals surface area contributed by atoms with Gasteiger partial charge in [0, 0.05) is 44.3 Å². The second-order valence-electron chi connectivity index (χ2n) is 6.66. The molecule has 0 saturated heterocycles. The molecule has 150 valence electrons. The first-order valence-electron chi connectivity index (χ1n) is 9.46. The van der Waals surface area contributed by atoms with E-state index in [4.69, 9.17) is 9.47 Å². The summed E-state index contributed by atoms with van der Waals surface area (Å²) in [7, 11) is 3.22. The number of hydrogen-bond donors (Lipinski definition) is 0. The van der Waals surface area contributed by atoms with Gasteiger partial charge in [0.2, 0.25) is 5.91 Å². The highest BCUT2D eigenvalue weighted by molar-refractivity contribution is 5.76. The second-order valence-corrected chi connectivity index (χ2v) is 6.66. The maximum absolute atomic E-state index is 13.0. The molecule has 0 saturated carbocycles. The average molecular weight is 391 g/mol. The number of nitrogens with zero attached hydrogens (tertiary/aromatic N) is 3. The van der Waals surface area contributed by atoms with Crippen molar-refractivity contribution < 1.29 is 14.3 Å². The summed E-state index contributed by atoms with van der Waals surface area (Å²) in [5.74, 6) is 1.43. The van der Waals surface area contributed by atoms with Crippen LogP contribution in [0.1, 0.15) is 23.1 Å². The molecule has 0 fully saturated rings. The number of carbonyl (C=O) groups is 1. The van der Waals surface area contributed by atoms with E-state index in [2.05, 4.69) is 9.97 Å². The first kappa shape index (κ1) is 20.3. The molecule has 0 unspecified atom stereocenters. The van der Waals surface area contributed by atoms with E-state index in [-0.39, 0.29) is 5.91 Å². The number of aromatic nitrogens is 2. The largest absolute Gasteiger partial charge is 0.493 e. The van der Waals surface area contributed by atoms with Crippen molar-refractivity contribution in [3.63, 3.8) is 0 Å². The second kappa shape index (κ2) is 10.2. The summed E-state index contributed by atoms with van der Waals surface area (Å²) in [4.78, 5) is 23.1. The van der Waals surface area contributed by atoms with Crippen molar-refractivity contribution in [1.29, 1.82) is 0 Å². The molecule has 0 N–H and O–H groups in total. The van der Waals surface area contributed by atoms with Crippen LogP contribution >= 0.6 is 0 Å². The van der Waals surface area contributed by atoms with Gasteiger partial charge >= 0.3 is 0 Å². The predicted octanol–water partition coefficient (Wildman–Crippen LogP) is 3.66. The fourth-order valence-corrected chi connectivity index (χ4v) is 3.10. The van der Waals surface area contributed by atoms with E-state index in [0.717, 1.165) is 16.7 Å². The molecule has 3 aromatic rings. The van der Waals surface area contributed by atoms with Crippen molar-refractivity contribution >= 4 is 5.91 Å². The van der Waals surface area contributed by atoms with Gasteiger partial charge in [0.25, 0.3) is 0 Å². The Bertz CT molecular complexity index is 876. The zero-order chi connectivity index (χ0) is 20.5. The van der Waals surface area contributed by atoms with Crippen LogP contribution in [0.4, 0.5) is 0 Å². The van der Waals surface area contributed by atoms with Gasteiger partial charge in [0.05, 0.1) is 14.2 Å². The molecule has 0 spiro atoms. The van der Waals surface area contributed by atoms with Crippen LogP contribution in [0.3, 0.4) is 0 Å². The number of amides is 1. The summed E-state index contributed by atoms with van der Waals surface area (Å²) in [6.07, 6.45) is 8.04. The summed E-state index contributed by atoms with van der Waals surface area (Å²) in [6, 6.07) is 13.5. The van der Waals surface area contributed by atoms with Crippen LogP contribution in [-0.2, 0) is 24.3 Å². The molecular formula is C23H25N3O3. The third-order valence-corrected chi connectivity index (χ3v) is 4.65. The molecule has 0 aliphatic heterocycles. The van der Waals surface area contributed by atoms with Gasteiger partial charge in [-0.25, -0.2) is 0 Å². The number of ether oxygens (including phenoxy) is 2. The highest BCUT2D eigenvalue weighted by Crippen LogP contribution is 2.28. The first-order chi connectivity index (χ1) is 14.2. The van der Waals surface area contributed by atoms with Gasteiger partial charge in [-0.3, -0.25) is 14.8 Å². The summed E-state index contributed by atoms with van der Waals surface area (Å²) >= 11 is 0. The van der Waals surface area contributed by atoms with Crippen LogP contribution < -0.4 is 9.47 Å². The Balaban J connectivity index is 1.70. The lowest BCUT2D eigenvalue weighted by Gasteiger charge is -2.23. The van der Waals surface area contributed by atoms with Gasteiger partial charge in [-0.05, 0) is 53.4 Å². The van der Waals surface area contributed by atoms with E-state index < -0.39 is 0 Å². The minimum atomic E-state index is 0.0838. The van der Waals surface area contributed by atoms with E-state index in [9.17, 15) is 4.79 Å². The molecule has 2 heterocycles. The molecule has 29 heavy (non-hydrogen) atoms. The fraction of sp³-hybridized carbons (Fsp3) is 0.261. The van der Waals surface area contributed by atoms with Crippen LogP contribution in [0, 0.1) is 0 Å². The van der Waals surface area contributed by atoms with E-state index in [1.807, 2.05) is 47.4 Å². The Hall–Kier alpha value is -3.41. The Kier molecular flexibility index (Phi) is 7.16. The van der Waals surface area contributed by atoms with Crippen LogP contribution in [0.5, 0.6) is 11.5 Å². The number of benzene rings is 1. The van der Waals surface area contributed by atoms with E-state index in [0.29, 0.717) is 37.4 Å². The molecular weight excluding hydrogens is 366 g/mol. The van der Waals surface area contributed by atoms with Crippen LogP contribution in [0.15, 0.2) is 67.3 Å². The average Bonchev–Trinajstić information content (AvgIpc) is 2.78. The van der Waals surface area contributed by atoms with Crippen LogP contribution in [0.25, 0.3) is 0 Å². The Morgan fingerprint density at radius 2 is 1.62 bits per heavy atom. The van der Waals surface area contributed by atoms with Crippen LogP contribution in [0.2, 0.25) is 0 Å². The van der Waals surface area contributed by atoms with E-state index in [1.165, 1.54) is 0 Å². The number of aryl methyl sites for hydroxylation is 1. The zero-order valence-corrected chi connectivity index (χ0v) is 16.7. The molecule has 6 nitrogen and oxygen atoms in total. The molecule has 0 aliphatic carbocycles. The summed E-state index contributed by atoms with van der Waals surface area (Å²) in [5.41, 5.74) is 3.07. The van der Waals surface area contributed by atoms with Gasteiger partial charge in [-0.1, -0.05) is 12.1 Å². The van der Waals surface area contributed by atoms with Crippen molar-refractivity contribution in [2.24, 2.45) is 0 Å². The molecule has 2 aromatic heterocycles. The van der Waals surface area contributed by atoms with Gasteiger partial charge in [-0.2, -0.15) is 0 Å². The van der Waals surface area contributed by atoms with Crippen molar-refractivity contribution in [2.75, 3.05) is 14.2 Å². The lowest BCUT2D eigenvalue weighted by Crippen LogP contribution is -2.30. The van der Waals surface area contributed by atoms with Crippen molar-refractivity contribution in [1.82, 2.24) is 14.9 Å². The molecule has 3 rings (SSSR count). The Morgan fingerprint density at radius 1 is 0.862 bits per heavy atom. The molecule has 0 atom stereocenters. The van der Waals surface area contributed by atoms with Crippen LogP contribution in [-0.4, -0.2) is 35.0 Å². The zero-order valence-electron chi connectivity index (χ0n) is 16.7. The Morgan fingerprint density at radius 3 is 2.31 bits per heavy atom. The van der Waals surface area contributed by atoms with Gasteiger partial charge in [-0.15, -0.1) is 0 Å². The molecule has 6 heteroatoms. The number of pyridine rings is 2. The SMILES string of the molecule is COc1ccc(CCC(=O)N(Cc2ccncc2)Cc2cccnc2)cc1OC. The molecule has 0 bridgehead atoms. The summed E-state index contributed by atoms with van der Waals surface area (Å²) in [5, 5.41) is 0. The van der Waals surface area contributed by atoms with E-state index >= 15 is 0 Å². The lowest BCUT2D eigenvalue weighted by molar-refractivity contribution is -0.132. The maximum Gasteiger partial charge on any atom is 0.223 e. The highest BCUT2D eigenvalue weighted by Gasteiger charge is 2.15. The number of methoxy groups -OCH3 is 2. The third-order valence-electron chi connectivity index (χ3n) is 4.65. The number of carbonyl (C=O) groups excluding carboxylic acids is 1. The molecule has 0 radical (unpaired) electrons. The smallest absolute Gasteiger partial charge is 0.223 e. The molecule has 1 aromatic carbocycles. The number of rotatable bonds is 9. The lowest BCUT2D eigenvalue weighted by atomic mass is 10.1. The van der Waals surface area contributed by atoms with Gasteiger partial charge in [0.15, 0.2) is 11.5 Å². The minimum absolute atomic E-state index is 0.0838.